The summed E-state index contributed by atoms with van der Waals surface area (Å²) in [4.78, 5) is 27.9. The summed E-state index contributed by atoms with van der Waals surface area (Å²) in [6.07, 6.45) is 2.21. The number of nitrogens with zero attached hydrogens (tertiary/aromatic N) is 3. The zero-order valence-electron chi connectivity index (χ0n) is 9.73. The van der Waals surface area contributed by atoms with Gasteiger partial charge in [-0.1, -0.05) is 13.8 Å². The molecule has 5 nitrogen and oxygen atoms in total. The van der Waals surface area contributed by atoms with E-state index >= 15 is 0 Å². The van der Waals surface area contributed by atoms with Gasteiger partial charge in [-0.2, -0.15) is 0 Å². The lowest BCUT2D eigenvalue weighted by Gasteiger charge is -2.13. The molecule has 0 spiro atoms. The molecule has 0 saturated carbocycles. The highest BCUT2D eigenvalue weighted by Crippen LogP contribution is 2.19. The molecule has 0 atom stereocenters. The van der Waals surface area contributed by atoms with Crippen molar-refractivity contribution in [3.05, 3.63) is 26.4 Å². The van der Waals surface area contributed by atoms with Crippen LogP contribution in [0.1, 0.15) is 19.4 Å². The first-order valence-electron chi connectivity index (χ1n) is 5.37. The van der Waals surface area contributed by atoms with E-state index in [2.05, 4.69) is 4.99 Å². The van der Waals surface area contributed by atoms with E-state index in [1.165, 1.54) is 7.05 Å². The minimum absolute atomic E-state index is 0.225. The van der Waals surface area contributed by atoms with E-state index in [-0.39, 0.29) is 11.2 Å². The molecule has 5 heteroatoms. The fourth-order valence-corrected chi connectivity index (χ4v) is 1.90. The van der Waals surface area contributed by atoms with Crippen LogP contribution in [0.25, 0.3) is 0 Å². The van der Waals surface area contributed by atoms with Crippen LogP contribution in [0.5, 0.6) is 0 Å². The number of hydrogen-bond donors (Lipinski definition) is 0. The maximum atomic E-state index is 11.9. The molecule has 0 amide bonds. The van der Waals surface area contributed by atoms with E-state index in [9.17, 15) is 9.59 Å². The summed E-state index contributed by atoms with van der Waals surface area (Å²) in [7, 11) is 1.51. The molecule has 0 N–H and O–H groups in total. The van der Waals surface area contributed by atoms with Crippen LogP contribution in [-0.2, 0) is 20.0 Å². The van der Waals surface area contributed by atoms with Crippen molar-refractivity contribution in [3.63, 3.8) is 0 Å². The molecule has 1 aromatic heterocycles. The van der Waals surface area contributed by atoms with E-state index < -0.39 is 0 Å². The van der Waals surface area contributed by atoms with Crippen LogP contribution in [0.3, 0.4) is 0 Å². The summed E-state index contributed by atoms with van der Waals surface area (Å²) in [6, 6.07) is 0. The molecule has 2 heterocycles. The van der Waals surface area contributed by atoms with Crippen molar-refractivity contribution < 1.29 is 0 Å². The second-order valence-corrected chi connectivity index (χ2v) is 4.47. The molecule has 0 bridgehead atoms. The molecule has 0 aliphatic carbocycles. The number of rotatable bonds is 2. The van der Waals surface area contributed by atoms with Crippen molar-refractivity contribution in [2.75, 3.05) is 0 Å². The quantitative estimate of drug-likeness (QED) is 0.728. The molecule has 0 aromatic carbocycles. The minimum atomic E-state index is -0.281. The predicted molar refractivity (Wildman–Crippen MR) is 62.6 cm³/mol. The van der Waals surface area contributed by atoms with Gasteiger partial charge in [0.1, 0.15) is 5.82 Å². The molecule has 0 fully saturated rings. The molecule has 2 rings (SSSR count). The molecular formula is C11H15N3O2. The monoisotopic (exact) mass is 221 g/mol. The Kier molecular flexibility index (Phi) is 2.53. The maximum Gasteiger partial charge on any atom is 0.332 e. The van der Waals surface area contributed by atoms with Crippen molar-refractivity contribution >= 4 is 12.0 Å². The van der Waals surface area contributed by atoms with E-state index in [0.29, 0.717) is 30.3 Å². The van der Waals surface area contributed by atoms with Crippen LogP contribution in [0.2, 0.25) is 0 Å². The van der Waals surface area contributed by atoms with Crippen LogP contribution < -0.4 is 11.2 Å². The van der Waals surface area contributed by atoms with E-state index in [0.717, 1.165) is 4.57 Å². The van der Waals surface area contributed by atoms with Crippen molar-refractivity contribution in [2.24, 2.45) is 18.0 Å². The number of aromatic nitrogens is 2. The van der Waals surface area contributed by atoms with E-state index in [1.807, 2.05) is 13.8 Å². The van der Waals surface area contributed by atoms with Gasteiger partial charge >= 0.3 is 5.69 Å². The van der Waals surface area contributed by atoms with Gasteiger partial charge in [-0.25, -0.2) is 9.79 Å². The van der Waals surface area contributed by atoms with Gasteiger partial charge in [-0.3, -0.25) is 13.9 Å². The zero-order valence-corrected chi connectivity index (χ0v) is 9.73. The third-order valence-electron chi connectivity index (χ3n) is 2.66. The first kappa shape index (κ1) is 10.9. The van der Waals surface area contributed by atoms with Gasteiger partial charge in [-0.05, 0) is 5.92 Å². The fraction of sp³-hybridized carbons (Fsp3) is 0.545. The van der Waals surface area contributed by atoms with Crippen molar-refractivity contribution in [1.82, 2.24) is 9.13 Å². The largest absolute Gasteiger partial charge is 0.332 e. The summed E-state index contributed by atoms with van der Waals surface area (Å²) >= 11 is 0. The van der Waals surface area contributed by atoms with Gasteiger partial charge in [0.15, 0.2) is 0 Å². The fourth-order valence-electron chi connectivity index (χ4n) is 1.90. The average molecular weight is 221 g/mol. The molecular weight excluding hydrogens is 206 g/mol. The van der Waals surface area contributed by atoms with Crippen molar-refractivity contribution in [2.45, 2.75) is 26.8 Å². The molecule has 16 heavy (non-hydrogen) atoms. The van der Waals surface area contributed by atoms with Crippen LogP contribution in [0.15, 0.2) is 14.6 Å². The van der Waals surface area contributed by atoms with Crippen LogP contribution in [0.4, 0.5) is 5.82 Å². The van der Waals surface area contributed by atoms with Crippen LogP contribution in [0, 0.1) is 5.92 Å². The van der Waals surface area contributed by atoms with Crippen molar-refractivity contribution in [1.29, 1.82) is 0 Å². The predicted octanol–water partition coefficient (Wildman–Crippen LogP) is 0.461. The zero-order chi connectivity index (χ0) is 11.9. The Balaban J connectivity index is 2.73. The maximum absolute atomic E-state index is 11.9. The van der Waals surface area contributed by atoms with Gasteiger partial charge in [-0.15, -0.1) is 0 Å². The second kappa shape index (κ2) is 3.73. The standard InChI is InChI=1S/C11H15N3O2/c1-7(2)6-14-9-8(4-5-12-9)10(15)13(3)11(14)16/h5,7H,4,6H2,1-3H3. The molecule has 0 radical (unpaired) electrons. The van der Waals surface area contributed by atoms with E-state index in [4.69, 9.17) is 0 Å². The molecule has 1 aromatic rings. The number of hydrogen-bond acceptors (Lipinski definition) is 3. The first-order valence-corrected chi connectivity index (χ1v) is 5.37. The third-order valence-corrected chi connectivity index (χ3v) is 2.66. The summed E-state index contributed by atoms with van der Waals surface area (Å²) in [5.74, 6) is 0.886. The Hall–Kier alpha value is -1.65. The van der Waals surface area contributed by atoms with Crippen LogP contribution >= 0.6 is 0 Å². The molecule has 1 aliphatic heterocycles. The highest BCUT2D eigenvalue weighted by atomic mass is 16.2. The summed E-state index contributed by atoms with van der Waals surface area (Å²) in [5.41, 5.74) is 0.122. The molecule has 0 saturated heterocycles. The number of fused-ring (bicyclic) bond motifs is 1. The molecule has 1 aliphatic rings. The van der Waals surface area contributed by atoms with Gasteiger partial charge in [0.05, 0.1) is 5.56 Å². The van der Waals surface area contributed by atoms with Gasteiger partial charge in [0, 0.05) is 26.2 Å². The van der Waals surface area contributed by atoms with Gasteiger partial charge < -0.3 is 0 Å². The summed E-state index contributed by atoms with van der Waals surface area (Å²) < 4.78 is 2.75. The lowest BCUT2D eigenvalue weighted by atomic mass is 10.2. The summed E-state index contributed by atoms with van der Waals surface area (Å²) in [5, 5.41) is 0. The lowest BCUT2D eigenvalue weighted by Crippen LogP contribution is -2.40. The Labute approximate surface area is 93.1 Å². The Morgan fingerprint density at radius 1 is 1.44 bits per heavy atom. The van der Waals surface area contributed by atoms with Crippen molar-refractivity contribution in [3.8, 4) is 0 Å². The topological polar surface area (TPSA) is 56.4 Å². The Morgan fingerprint density at radius 3 is 2.75 bits per heavy atom. The smallest absolute Gasteiger partial charge is 0.277 e. The van der Waals surface area contributed by atoms with Crippen LogP contribution in [-0.4, -0.2) is 15.3 Å². The molecule has 86 valence electrons. The Bertz CT molecular complexity index is 564. The highest BCUT2D eigenvalue weighted by Gasteiger charge is 2.19. The molecule has 0 unspecified atom stereocenters. The minimum Gasteiger partial charge on any atom is -0.277 e. The van der Waals surface area contributed by atoms with Gasteiger partial charge in [0.2, 0.25) is 0 Å². The third kappa shape index (κ3) is 1.52. The van der Waals surface area contributed by atoms with Gasteiger partial charge in [0.25, 0.3) is 5.56 Å². The first-order chi connectivity index (χ1) is 7.52. The highest BCUT2D eigenvalue weighted by molar-refractivity contribution is 5.73. The van der Waals surface area contributed by atoms with E-state index in [1.54, 1.807) is 10.8 Å². The second-order valence-electron chi connectivity index (χ2n) is 4.47. The summed E-state index contributed by atoms with van der Waals surface area (Å²) in [6.45, 7) is 4.65. The Morgan fingerprint density at radius 2 is 2.12 bits per heavy atom. The number of aliphatic imine (C=N–C) groups is 1. The lowest BCUT2D eigenvalue weighted by molar-refractivity contribution is 0.490. The SMILES string of the molecule is CC(C)Cn1c2c(c(=O)n(C)c1=O)CC=N2. The average Bonchev–Trinajstić information content (AvgIpc) is 2.69. The normalized spacial score (nSPS) is 13.5.